The maximum absolute atomic E-state index is 3.29. The van der Waals surface area contributed by atoms with Gasteiger partial charge < -0.3 is 5.32 Å². The maximum Gasteiger partial charge on any atom is 0.0376 e. The number of aryl methyl sites for hydroxylation is 1. The Morgan fingerprint density at radius 1 is 1.40 bits per heavy atom. The van der Waals surface area contributed by atoms with Gasteiger partial charge in [-0.05, 0) is 18.4 Å². The number of nitrogens with one attached hydrogen (secondary N) is 1. The van der Waals surface area contributed by atoms with Crippen LogP contribution in [-0.4, -0.2) is 7.05 Å². The summed E-state index contributed by atoms with van der Waals surface area (Å²) in [4.78, 5) is 0. The van der Waals surface area contributed by atoms with Crippen LogP contribution < -0.4 is 5.32 Å². The SMILES string of the molecule is CCC(C)/C=C(\NC)c1ccccc1C. The maximum atomic E-state index is 3.29. The topological polar surface area (TPSA) is 12.0 Å². The average Bonchev–Trinajstić information content (AvgIpc) is 2.26. The number of hydrogen-bond acceptors (Lipinski definition) is 1. The molecular weight excluding hydrogens is 182 g/mol. The van der Waals surface area contributed by atoms with Gasteiger partial charge in [0.15, 0.2) is 0 Å². The Morgan fingerprint density at radius 3 is 2.60 bits per heavy atom. The van der Waals surface area contributed by atoms with Crippen LogP contribution in [0.25, 0.3) is 5.70 Å². The third-order valence-corrected chi connectivity index (χ3v) is 2.80. The van der Waals surface area contributed by atoms with Crippen LogP contribution in [0.3, 0.4) is 0 Å². The molecule has 15 heavy (non-hydrogen) atoms. The van der Waals surface area contributed by atoms with Crippen LogP contribution in [0.4, 0.5) is 0 Å². The summed E-state index contributed by atoms with van der Waals surface area (Å²) in [6.45, 7) is 6.61. The predicted octanol–water partition coefficient (Wildman–Crippen LogP) is 3.60. The molecule has 0 bridgehead atoms. The van der Waals surface area contributed by atoms with E-state index in [1.165, 1.54) is 23.2 Å². The molecule has 1 N–H and O–H groups in total. The van der Waals surface area contributed by atoms with Crippen LogP contribution in [-0.2, 0) is 0 Å². The van der Waals surface area contributed by atoms with Crippen molar-refractivity contribution in [3.05, 3.63) is 41.5 Å². The Bertz CT molecular complexity index is 339. The summed E-state index contributed by atoms with van der Waals surface area (Å²) in [6.07, 6.45) is 3.49. The van der Waals surface area contributed by atoms with Crippen LogP contribution in [0.1, 0.15) is 31.4 Å². The van der Waals surface area contributed by atoms with Crippen molar-refractivity contribution in [2.45, 2.75) is 27.2 Å². The lowest BCUT2D eigenvalue weighted by molar-refractivity contribution is 0.696. The molecule has 0 saturated carbocycles. The highest BCUT2D eigenvalue weighted by molar-refractivity contribution is 5.66. The molecular formula is C14H21N. The van der Waals surface area contributed by atoms with Gasteiger partial charge in [0.05, 0.1) is 0 Å². The van der Waals surface area contributed by atoms with E-state index in [0.717, 1.165) is 0 Å². The van der Waals surface area contributed by atoms with Gasteiger partial charge in [0.1, 0.15) is 0 Å². The van der Waals surface area contributed by atoms with Crippen LogP contribution in [0.2, 0.25) is 0 Å². The summed E-state index contributed by atoms with van der Waals surface area (Å²) >= 11 is 0. The number of benzene rings is 1. The second-order valence-corrected chi connectivity index (χ2v) is 4.03. The Hall–Kier alpha value is -1.24. The fourth-order valence-electron chi connectivity index (χ4n) is 1.59. The zero-order chi connectivity index (χ0) is 11.3. The van der Waals surface area contributed by atoms with E-state index in [1.54, 1.807) is 0 Å². The largest absolute Gasteiger partial charge is 0.388 e. The predicted molar refractivity (Wildman–Crippen MR) is 67.7 cm³/mol. The van der Waals surface area contributed by atoms with E-state index >= 15 is 0 Å². The zero-order valence-corrected chi connectivity index (χ0v) is 10.2. The van der Waals surface area contributed by atoms with Gasteiger partial charge in [0.2, 0.25) is 0 Å². The summed E-state index contributed by atoms with van der Waals surface area (Å²) in [7, 11) is 1.99. The molecule has 0 saturated heterocycles. The third-order valence-electron chi connectivity index (χ3n) is 2.80. The van der Waals surface area contributed by atoms with Crippen molar-refractivity contribution < 1.29 is 0 Å². The van der Waals surface area contributed by atoms with Crippen molar-refractivity contribution in [3.8, 4) is 0 Å². The van der Waals surface area contributed by atoms with Gasteiger partial charge in [-0.3, -0.25) is 0 Å². The first kappa shape index (κ1) is 11.8. The molecule has 0 aliphatic carbocycles. The Labute approximate surface area is 93.2 Å². The van der Waals surface area contributed by atoms with Gasteiger partial charge in [-0.2, -0.15) is 0 Å². The quantitative estimate of drug-likeness (QED) is 0.788. The van der Waals surface area contributed by atoms with Crippen LogP contribution in [0.15, 0.2) is 30.3 Å². The summed E-state index contributed by atoms with van der Waals surface area (Å²) in [6, 6.07) is 8.48. The summed E-state index contributed by atoms with van der Waals surface area (Å²) in [5.74, 6) is 0.618. The highest BCUT2D eigenvalue weighted by Gasteiger charge is 2.03. The van der Waals surface area contributed by atoms with Crippen LogP contribution in [0, 0.1) is 12.8 Å². The van der Waals surface area contributed by atoms with Crippen molar-refractivity contribution in [2.24, 2.45) is 5.92 Å². The fourth-order valence-corrected chi connectivity index (χ4v) is 1.59. The molecule has 0 aliphatic rings. The normalized spacial score (nSPS) is 13.7. The Morgan fingerprint density at radius 2 is 2.07 bits per heavy atom. The minimum Gasteiger partial charge on any atom is -0.388 e. The average molecular weight is 203 g/mol. The van der Waals surface area contributed by atoms with Crippen LogP contribution >= 0.6 is 0 Å². The van der Waals surface area contributed by atoms with E-state index in [-0.39, 0.29) is 0 Å². The Kier molecular flexibility index (Phi) is 4.41. The first-order chi connectivity index (χ1) is 7.19. The first-order valence-corrected chi connectivity index (χ1v) is 5.64. The summed E-state index contributed by atoms with van der Waals surface area (Å²) in [5.41, 5.74) is 3.86. The molecule has 0 aliphatic heterocycles. The lowest BCUT2D eigenvalue weighted by Gasteiger charge is -2.12. The second kappa shape index (κ2) is 5.59. The first-order valence-electron chi connectivity index (χ1n) is 5.64. The van der Waals surface area contributed by atoms with Gasteiger partial charge >= 0.3 is 0 Å². The van der Waals surface area contributed by atoms with Crippen molar-refractivity contribution >= 4 is 5.70 Å². The van der Waals surface area contributed by atoms with Gasteiger partial charge in [-0.1, -0.05) is 50.6 Å². The molecule has 0 aromatic heterocycles. The summed E-state index contributed by atoms with van der Waals surface area (Å²) in [5, 5.41) is 3.29. The molecule has 1 aromatic rings. The van der Waals surface area contributed by atoms with Gasteiger partial charge in [0.25, 0.3) is 0 Å². The number of allylic oxidation sites excluding steroid dienone is 1. The smallest absolute Gasteiger partial charge is 0.0376 e. The van der Waals surface area contributed by atoms with Crippen molar-refractivity contribution in [1.82, 2.24) is 5.32 Å². The standard InChI is InChI=1S/C14H21N/c1-5-11(2)10-14(15-4)13-9-7-6-8-12(13)3/h6-11,15H,5H2,1-4H3/b14-10-. The molecule has 0 heterocycles. The lowest BCUT2D eigenvalue weighted by Crippen LogP contribution is -2.07. The molecule has 0 radical (unpaired) electrons. The van der Waals surface area contributed by atoms with E-state index < -0.39 is 0 Å². The van der Waals surface area contributed by atoms with Gasteiger partial charge in [-0.15, -0.1) is 0 Å². The van der Waals surface area contributed by atoms with Crippen molar-refractivity contribution in [2.75, 3.05) is 7.05 Å². The molecule has 1 unspecified atom stereocenters. The van der Waals surface area contributed by atoms with E-state index in [4.69, 9.17) is 0 Å². The van der Waals surface area contributed by atoms with E-state index in [9.17, 15) is 0 Å². The highest BCUT2D eigenvalue weighted by Crippen LogP contribution is 2.18. The minimum atomic E-state index is 0.618. The molecule has 1 aromatic carbocycles. The molecule has 1 heteroatoms. The van der Waals surface area contributed by atoms with E-state index in [1.807, 2.05) is 7.05 Å². The summed E-state index contributed by atoms with van der Waals surface area (Å²) < 4.78 is 0. The molecule has 0 spiro atoms. The Balaban J connectivity index is 3.02. The van der Waals surface area contributed by atoms with Crippen molar-refractivity contribution in [3.63, 3.8) is 0 Å². The van der Waals surface area contributed by atoms with Crippen molar-refractivity contribution in [1.29, 1.82) is 0 Å². The number of rotatable bonds is 4. The molecule has 0 fully saturated rings. The molecule has 1 atom stereocenters. The third kappa shape index (κ3) is 3.12. The second-order valence-electron chi connectivity index (χ2n) is 4.03. The van der Waals surface area contributed by atoms with Crippen LogP contribution in [0.5, 0.6) is 0 Å². The van der Waals surface area contributed by atoms with E-state index in [2.05, 4.69) is 56.4 Å². The zero-order valence-electron chi connectivity index (χ0n) is 10.2. The molecule has 1 nitrogen and oxygen atoms in total. The molecule has 1 rings (SSSR count). The highest BCUT2D eigenvalue weighted by atomic mass is 14.8. The number of hydrogen-bond donors (Lipinski definition) is 1. The lowest BCUT2D eigenvalue weighted by atomic mass is 10.0. The van der Waals surface area contributed by atoms with Gasteiger partial charge in [-0.25, -0.2) is 0 Å². The minimum absolute atomic E-state index is 0.618. The monoisotopic (exact) mass is 203 g/mol. The van der Waals surface area contributed by atoms with Gasteiger partial charge in [0, 0.05) is 18.3 Å². The van der Waals surface area contributed by atoms with E-state index in [0.29, 0.717) is 5.92 Å². The molecule has 82 valence electrons. The molecule has 0 amide bonds. The fraction of sp³-hybridized carbons (Fsp3) is 0.429.